The Labute approximate surface area is 152 Å². The molecule has 0 amide bonds. The normalized spacial score (nSPS) is 14.4. The number of pyridine rings is 1. The van der Waals surface area contributed by atoms with Gasteiger partial charge in [-0.05, 0) is 51.0 Å². The fourth-order valence-electron chi connectivity index (χ4n) is 3.87. The molecule has 0 saturated heterocycles. The number of nitrogens with zero attached hydrogens (tertiary/aromatic N) is 4. The Hall–Kier alpha value is -2.73. The maximum atomic E-state index is 12.1. The van der Waals surface area contributed by atoms with Crippen LogP contribution in [0.15, 0.2) is 35.4 Å². The van der Waals surface area contributed by atoms with Crippen LogP contribution >= 0.6 is 0 Å². The Balaban J connectivity index is 1.60. The van der Waals surface area contributed by atoms with E-state index in [0.29, 0.717) is 5.82 Å². The van der Waals surface area contributed by atoms with Gasteiger partial charge in [0.05, 0.1) is 17.6 Å². The molecule has 0 aliphatic carbocycles. The van der Waals surface area contributed by atoms with Gasteiger partial charge >= 0.3 is 0 Å². The van der Waals surface area contributed by atoms with E-state index in [1.54, 1.807) is 6.20 Å². The number of rotatable bonds is 3. The van der Waals surface area contributed by atoms with Crippen molar-refractivity contribution in [3.63, 3.8) is 0 Å². The molecule has 4 rings (SSSR count). The molecule has 0 bridgehead atoms. The molecule has 0 aromatic carbocycles. The third-order valence-electron chi connectivity index (χ3n) is 5.10. The molecular weight excluding hydrogens is 326 g/mol. The van der Waals surface area contributed by atoms with Crippen LogP contribution in [0.1, 0.15) is 34.0 Å². The quantitative estimate of drug-likeness (QED) is 0.789. The fraction of sp³-hybridized carbons (Fsp3) is 0.350. The number of fused-ring (bicyclic) bond motifs is 1. The van der Waals surface area contributed by atoms with E-state index in [1.807, 2.05) is 19.2 Å². The van der Waals surface area contributed by atoms with E-state index in [-0.39, 0.29) is 5.56 Å². The smallest absolute Gasteiger partial charge is 0.254 e. The first-order valence-corrected chi connectivity index (χ1v) is 8.92. The van der Waals surface area contributed by atoms with Crippen molar-refractivity contribution < 1.29 is 0 Å². The van der Waals surface area contributed by atoms with Crippen molar-refractivity contribution in [2.24, 2.45) is 0 Å². The van der Waals surface area contributed by atoms with Gasteiger partial charge in [0.15, 0.2) is 0 Å². The summed E-state index contributed by atoms with van der Waals surface area (Å²) in [7, 11) is 0. The number of hydrogen-bond donors (Lipinski definition) is 1. The highest BCUT2D eigenvalue weighted by Crippen LogP contribution is 2.23. The van der Waals surface area contributed by atoms with Crippen molar-refractivity contribution in [2.45, 2.75) is 40.3 Å². The summed E-state index contributed by atoms with van der Waals surface area (Å²) in [5.41, 5.74) is 6.59. The molecule has 6 heteroatoms. The maximum Gasteiger partial charge on any atom is 0.254 e. The summed E-state index contributed by atoms with van der Waals surface area (Å²) in [6, 6.07) is 6.28. The third-order valence-corrected chi connectivity index (χ3v) is 5.10. The molecule has 0 fully saturated rings. The average molecular weight is 349 g/mol. The Bertz CT molecular complexity index is 1000. The summed E-state index contributed by atoms with van der Waals surface area (Å²) >= 11 is 0. The molecule has 134 valence electrons. The van der Waals surface area contributed by atoms with Crippen molar-refractivity contribution in [3.8, 4) is 5.69 Å². The summed E-state index contributed by atoms with van der Waals surface area (Å²) in [5, 5.41) is 0. The van der Waals surface area contributed by atoms with E-state index >= 15 is 0 Å². The Kier molecular flexibility index (Phi) is 4.20. The first-order valence-electron chi connectivity index (χ1n) is 8.92. The molecule has 3 aromatic heterocycles. The van der Waals surface area contributed by atoms with Crippen LogP contribution in [0.2, 0.25) is 0 Å². The standard InChI is InChI=1S/C20H23N5O/c1-13-9-16(14(2)25(13)17-5-4-7-21-10-17)11-24-8-6-18-19(12-24)22-15(3)23-20(18)26/h4-5,7,9-10H,6,8,11-12H2,1-3H3,(H,22,23,26). The van der Waals surface area contributed by atoms with Gasteiger partial charge in [0.2, 0.25) is 0 Å². The number of aromatic amines is 1. The van der Waals surface area contributed by atoms with Gasteiger partial charge in [0.25, 0.3) is 5.56 Å². The summed E-state index contributed by atoms with van der Waals surface area (Å²) in [5.74, 6) is 0.686. The maximum absolute atomic E-state index is 12.1. The van der Waals surface area contributed by atoms with Crippen LogP contribution in [0.4, 0.5) is 0 Å². The highest BCUT2D eigenvalue weighted by molar-refractivity contribution is 5.39. The van der Waals surface area contributed by atoms with Crippen LogP contribution in [0.3, 0.4) is 0 Å². The SMILES string of the molecule is Cc1nc2c(c(=O)[nH]1)CCN(Cc1cc(C)n(-c3cccnc3)c1C)C2. The molecule has 6 nitrogen and oxygen atoms in total. The second kappa shape index (κ2) is 6.53. The molecule has 0 radical (unpaired) electrons. The van der Waals surface area contributed by atoms with Crippen LogP contribution in [0.25, 0.3) is 5.69 Å². The molecule has 0 spiro atoms. The van der Waals surface area contributed by atoms with Crippen molar-refractivity contribution >= 4 is 0 Å². The van der Waals surface area contributed by atoms with Gasteiger partial charge in [-0.2, -0.15) is 0 Å². The van der Waals surface area contributed by atoms with Gasteiger partial charge in [0, 0.05) is 42.8 Å². The van der Waals surface area contributed by atoms with Crippen LogP contribution in [-0.4, -0.2) is 31.0 Å². The highest BCUT2D eigenvalue weighted by Gasteiger charge is 2.22. The van der Waals surface area contributed by atoms with Gasteiger partial charge in [-0.3, -0.25) is 14.7 Å². The lowest BCUT2D eigenvalue weighted by atomic mass is 10.1. The summed E-state index contributed by atoms with van der Waals surface area (Å²) in [6.45, 7) is 8.56. The van der Waals surface area contributed by atoms with E-state index in [1.165, 1.54) is 17.0 Å². The van der Waals surface area contributed by atoms with Crippen LogP contribution in [-0.2, 0) is 19.5 Å². The monoisotopic (exact) mass is 349 g/mol. The van der Waals surface area contributed by atoms with Crippen molar-refractivity contribution in [3.05, 3.63) is 75.0 Å². The van der Waals surface area contributed by atoms with Crippen molar-refractivity contribution in [2.75, 3.05) is 6.54 Å². The van der Waals surface area contributed by atoms with Gasteiger partial charge < -0.3 is 9.55 Å². The highest BCUT2D eigenvalue weighted by atomic mass is 16.1. The number of aryl methyl sites for hydroxylation is 2. The fourth-order valence-corrected chi connectivity index (χ4v) is 3.87. The second-order valence-electron chi connectivity index (χ2n) is 6.98. The van der Waals surface area contributed by atoms with Gasteiger partial charge in [-0.1, -0.05) is 0 Å². The summed E-state index contributed by atoms with van der Waals surface area (Å²) in [6.07, 6.45) is 4.43. The molecule has 1 N–H and O–H groups in total. The molecule has 0 atom stereocenters. The number of hydrogen-bond acceptors (Lipinski definition) is 4. The molecular formula is C20H23N5O. The predicted octanol–water partition coefficient (Wildman–Crippen LogP) is 2.44. The number of aromatic nitrogens is 4. The second-order valence-corrected chi connectivity index (χ2v) is 6.98. The zero-order valence-corrected chi connectivity index (χ0v) is 15.4. The van der Waals surface area contributed by atoms with Crippen molar-refractivity contribution in [1.29, 1.82) is 0 Å². The Morgan fingerprint density at radius 1 is 1.27 bits per heavy atom. The van der Waals surface area contributed by atoms with E-state index in [4.69, 9.17) is 0 Å². The van der Waals surface area contributed by atoms with Crippen LogP contribution in [0, 0.1) is 20.8 Å². The van der Waals surface area contributed by atoms with Gasteiger partial charge in [-0.15, -0.1) is 0 Å². The number of nitrogens with one attached hydrogen (secondary N) is 1. The molecule has 0 unspecified atom stereocenters. The molecule has 26 heavy (non-hydrogen) atoms. The van der Waals surface area contributed by atoms with Gasteiger partial charge in [0.1, 0.15) is 5.82 Å². The van der Waals surface area contributed by atoms with E-state index in [0.717, 1.165) is 43.0 Å². The summed E-state index contributed by atoms with van der Waals surface area (Å²) < 4.78 is 2.24. The Morgan fingerprint density at radius 2 is 2.12 bits per heavy atom. The first-order chi connectivity index (χ1) is 12.5. The van der Waals surface area contributed by atoms with Crippen molar-refractivity contribution in [1.82, 2.24) is 24.4 Å². The number of H-pyrrole nitrogens is 1. The zero-order valence-electron chi connectivity index (χ0n) is 15.4. The Morgan fingerprint density at radius 3 is 2.88 bits per heavy atom. The zero-order chi connectivity index (χ0) is 18.3. The minimum Gasteiger partial charge on any atom is -0.317 e. The first kappa shape index (κ1) is 16.7. The minimum absolute atomic E-state index is 0.0157. The molecule has 1 aliphatic heterocycles. The molecule has 4 heterocycles. The topological polar surface area (TPSA) is 66.8 Å². The average Bonchev–Trinajstić information content (AvgIpc) is 2.88. The largest absolute Gasteiger partial charge is 0.317 e. The lowest BCUT2D eigenvalue weighted by molar-refractivity contribution is 0.239. The molecule has 3 aromatic rings. The molecule has 1 aliphatic rings. The third kappa shape index (κ3) is 2.97. The lowest BCUT2D eigenvalue weighted by Gasteiger charge is -2.27. The minimum atomic E-state index is 0.0157. The summed E-state index contributed by atoms with van der Waals surface area (Å²) in [4.78, 5) is 26.0. The van der Waals surface area contributed by atoms with Crippen LogP contribution < -0.4 is 5.56 Å². The van der Waals surface area contributed by atoms with Crippen LogP contribution in [0.5, 0.6) is 0 Å². The van der Waals surface area contributed by atoms with E-state index < -0.39 is 0 Å². The van der Waals surface area contributed by atoms with E-state index in [9.17, 15) is 4.79 Å². The molecule has 0 saturated carbocycles. The predicted molar refractivity (Wildman–Crippen MR) is 100 cm³/mol. The van der Waals surface area contributed by atoms with E-state index in [2.05, 4.69) is 50.4 Å². The van der Waals surface area contributed by atoms with Gasteiger partial charge in [-0.25, -0.2) is 4.98 Å². The lowest BCUT2D eigenvalue weighted by Crippen LogP contribution is -2.35.